The minimum atomic E-state index is -0.347. The van der Waals surface area contributed by atoms with E-state index in [1.807, 2.05) is 4.90 Å². The molecule has 0 aromatic heterocycles. The Balaban J connectivity index is 1.59. The van der Waals surface area contributed by atoms with Gasteiger partial charge in [0.05, 0.1) is 5.92 Å². The first kappa shape index (κ1) is 16.9. The van der Waals surface area contributed by atoms with Crippen LogP contribution in [0.4, 0.5) is 4.39 Å². The molecule has 5 nitrogen and oxygen atoms in total. The maximum Gasteiger partial charge on any atom is 0.253 e. The first-order chi connectivity index (χ1) is 11.6. The van der Waals surface area contributed by atoms with Crippen LogP contribution in [0.2, 0.25) is 0 Å². The van der Waals surface area contributed by atoms with Gasteiger partial charge in [0.15, 0.2) is 0 Å². The van der Waals surface area contributed by atoms with Crippen molar-refractivity contribution in [1.29, 1.82) is 0 Å². The molecular formula is C18H24FN3O2. The van der Waals surface area contributed by atoms with Crippen LogP contribution in [0.5, 0.6) is 0 Å². The van der Waals surface area contributed by atoms with E-state index < -0.39 is 0 Å². The second-order valence-corrected chi connectivity index (χ2v) is 6.52. The normalized spacial score (nSPS) is 22.1. The number of hydrogen-bond donors (Lipinski definition) is 1. The third-order valence-electron chi connectivity index (χ3n) is 4.83. The first-order valence-corrected chi connectivity index (χ1v) is 8.69. The van der Waals surface area contributed by atoms with Crippen LogP contribution in [0, 0.1) is 11.7 Å². The van der Waals surface area contributed by atoms with Crippen LogP contribution in [0.15, 0.2) is 24.3 Å². The summed E-state index contributed by atoms with van der Waals surface area (Å²) < 4.78 is 13.0. The van der Waals surface area contributed by atoms with Gasteiger partial charge in [-0.25, -0.2) is 4.39 Å². The standard InChI is InChI=1S/C18H24FN3O2/c19-16-6-4-14(5-7-16)17(23)21-9-2-10-22(12-11-21)18(24)15-3-1-8-20-13-15/h4-7,15,20H,1-3,8-13H2. The smallest absolute Gasteiger partial charge is 0.253 e. The minimum absolute atomic E-state index is 0.0677. The van der Waals surface area contributed by atoms with Crippen molar-refractivity contribution >= 4 is 11.8 Å². The van der Waals surface area contributed by atoms with E-state index in [1.165, 1.54) is 24.3 Å². The zero-order chi connectivity index (χ0) is 16.9. The van der Waals surface area contributed by atoms with Gasteiger partial charge in [-0.1, -0.05) is 0 Å². The maximum atomic E-state index is 13.0. The van der Waals surface area contributed by atoms with Gasteiger partial charge in [-0.05, 0) is 50.1 Å². The summed E-state index contributed by atoms with van der Waals surface area (Å²) in [7, 11) is 0. The molecule has 2 aliphatic heterocycles. The molecular weight excluding hydrogens is 309 g/mol. The number of benzene rings is 1. The van der Waals surface area contributed by atoms with Crippen molar-refractivity contribution in [1.82, 2.24) is 15.1 Å². The molecule has 6 heteroatoms. The Morgan fingerprint density at radius 2 is 1.71 bits per heavy atom. The molecule has 1 unspecified atom stereocenters. The van der Waals surface area contributed by atoms with Gasteiger partial charge >= 0.3 is 0 Å². The van der Waals surface area contributed by atoms with Crippen LogP contribution in [0.3, 0.4) is 0 Å². The minimum Gasteiger partial charge on any atom is -0.341 e. The molecule has 1 aromatic carbocycles. The molecule has 2 saturated heterocycles. The van der Waals surface area contributed by atoms with Gasteiger partial charge in [-0.3, -0.25) is 9.59 Å². The SMILES string of the molecule is O=C(c1ccc(F)cc1)N1CCCN(C(=O)C2CCCNC2)CC1. The summed E-state index contributed by atoms with van der Waals surface area (Å²) in [6.07, 6.45) is 2.76. The van der Waals surface area contributed by atoms with Gasteiger partial charge in [0.2, 0.25) is 5.91 Å². The van der Waals surface area contributed by atoms with Crippen LogP contribution < -0.4 is 5.32 Å². The van der Waals surface area contributed by atoms with E-state index in [1.54, 1.807) is 4.90 Å². The highest BCUT2D eigenvalue weighted by Gasteiger charge is 2.28. The summed E-state index contributed by atoms with van der Waals surface area (Å²) in [6.45, 7) is 4.17. The Morgan fingerprint density at radius 1 is 1.00 bits per heavy atom. The lowest BCUT2D eigenvalue weighted by Crippen LogP contribution is -2.44. The van der Waals surface area contributed by atoms with E-state index >= 15 is 0 Å². The molecule has 2 amide bonds. The fourth-order valence-electron chi connectivity index (χ4n) is 3.44. The molecule has 0 aliphatic carbocycles. The Kier molecular flexibility index (Phi) is 5.45. The molecule has 2 heterocycles. The third kappa shape index (κ3) is 3.93. The number of amides is 2. The molecule has 0 bridgehead atoms. The van der Waals surface area contributed by atoms with E-state index in [0.29, 0.717) is 31.7 Å². The number of halogens is 1. The lowest BCUT2D eigenvalue weighted by atomic mass is 9.98. The average molecular weight is 333 g/mol. The number of nitrogens with one attached hydrogen (secondary N) is 1. The van der Waals surface area contributed by atoms with Crippen molar-refractivity contribution in [3.63, 3.8) is 0 Å². The van der Waals surface area contributed by atoms with E-state index in [9.17, 15) is 14.0 Å². The molecule has 1 aromatic rings. The highest BCUT2D eigenvalue weighted by Crippen LogP contribution is 2.16. The monoisotopic (exact) mass is 333 g/mol. The number of carbonyl (C=O) groups excluding carboxylic acids is 2. The lowest BCUT2D eigenvalue weighted by Gasteiger charge is -2.29. The average Bonchev–Trinajstić information content (AvgIpc) is 2.88. The number of rotatable bonds is 2. The predicted molar refractivity (Wildman–Crippen MR) is 89.1 cm³/mol. The van der Waals surface area contributed by atoms with E-state index in [4.69, 9.17) is 0 Å². The number of nitrogens with zero attached hydrogens (tertiary/aromatic N) is 2. The molecule has 2 fully saturated rings. The molecule has 1 N–H and O–H groups in total. The van der Waals surface area contributed by atoms with Gasteiger partial charge in [-0.2, -0.15) is 0 Å². The summed E-state index contributed by atoms with van der Waals surface area (Å²) in [5, 5.41) is 3.28. The summed E-state index contributed by atoms with van der Waals surface area (Å²) in [5.41, 5.74) is 0.493. The maximum absolute atomic E-state index is 13.0. The Labute approximate surface area is 141 Å². The first-order valence-electron chi connectivity index (χ1n) is 8.69. The number of carbonyl (C=O) groups is 2. The largest absolute Gasteiger partial charge is 0.341 e. The molecule has 24 heavy (non-hydrogen) atoms. The highest BCUT2D eigenvalue weighted by atomic mass is 19.1. The second-order valence-electron chi connectivity index (χ2n) is 6.52. The summed E-state index contributed by atoms with van der Waals surface area (Å²) in [4.78, 5) is 28.8. The van der Waals surface area contributed by atoms with Crippen molar-refractivity contribution < 1.29 is 14.0 Å². The van der Waals surface area contributed by atoms with Crippen LogP contribution in [0.25, 0.3) is 0 Å². The van der Waals surface area contributed by atoms with Gasteiger partial charge in [0, 0.05) is 38.3 Å². The van der Waals surface area contributed by atoms with Crippen molar-refractivity contribution in [2.45, 2.75) is 19.3 Å². The van der Waals surface area contributed by atoms with Crippen molar-refractivity contribution in [2.24, 2.45) is 5.92 Å². The Morgan fingerprint density at radius 3 is 2.42 bits per heavy atom. The van der Waals surface area contributed by atoms with Gasteiger partial charge in [0.1, 0.15) is 5.82 Å². The van der Waals surface area contributed by atoms with Crippen LogP contribution in [-0.2, 0) is 4.79 Å². The summed E-state index contributed by atoms with van der Waals surface area (Å²) in [5.74, 6) is -0.166. The zero-order valence-corrected chi connectivity index (χ0v) is 13.8. The number of piperidine rings is 1. The van der Waals surface area contributed by atoms with E-state index in [2.05, 4.69) is 5.32 Å². The third-order valence-corrected chi connectivity index (χ3v) is 4.83. The van der Waals surface area contributed by atoms with E-state index in [-0.39, 0.29) is 23.5 Å². The van der Waals surface area contributed by atoms with Crippen LogP contribution >= 0.6 is 0 Å². The molecule has 130 valence electrons. The Hall–Kier alpha value is -1.95. The van der Waals surface area contributed by atoms with Gasteiger partial charge in [-0.15, -0.1) is 0 Å². The zero-order valence-electron chi connectivity index (χ0n) is 13.8. The number of hydrogen-bond acceptors (Lipinski definition) is 3. The van der Waals surface area contributed by atoms with Crippen molar-refractivity contribution in [3.8, 4) is 0 Å². The molecule has 0 saturated carbocycles. The molecule has 0 spiro atoms. The molecule has 2 aliphatic rings. The second kappa shape index (κ2) is 7.75. The van der Waals surface area contributed by atoms with Crippen LogP contribution in [0.1, 0.15) is 29.6 Å². The van der Waals surface area contributed by atoms with Gasteiger partial charge < -0.3 is 15.1 Å². The fourth-order valence-corrected chi connectivity index (χ4v) is 3.44. The van der Waals surface area contributed by atoms with E-state index in [0.717, 1.165) is 32.4 Å². The summed E-state index contributed by atoms with van der Waals surface area (Å²) in [6, 6.07) is 5.63. The van der Waals surface area contributed by atoms with Crippen molar-refractivity contribution in [2.75, 3.05) is 39.3 Å². The topological polar surface area (TPSA) is 52.7 Å². The molecule has 3 rings (SSSR count). The summed E-state index contributed by atoms with van der Waals surface area (Å²) >= 11 is 0. The fraction of sp³-hybridized carbons (Fsp3) is 0.556. The predicted octanol–water partition coefficient (Wildman–Crippen LogP) is 1.50. The van der Waals surface area contributed by atoms with Crippen LogP contribution in [-0.4, -0.2) is 60.9 Å². The highest BCUT2D eigenvalue weighted by molar-refractivity contribution is 5.94. The van der Waals surface area contributed by atoms with Gasteiger partial charge in [0.25, 0.3) is 5.91 Å². The molecule has 0 radical (unpaired) electrons. The lowest BCUT2D eigenvalue weighted by molar-refractivity contribution is -0.135. The van der Waals surface area contributed by atoms with Crippen molar-refractivity contribution in [3.05, 3.63) is 35.6 Å². The molecule has 1 atom stereocenters. The quantitative estimate of drug-likeness (QED) is 0.892. The Bertz CT molecular complexity index is 584.